The Morgan fingerprint density at radius 2 is 1.66 bits per heavy atom. The summed E-state index contributed by atoms with van der Waals surface area (Å²) in [6, 6.07) is 16.9. The minimum atomic E-state index is -0.258. The van der Waals surface area contributed by atoms with Crippen molar-refractivity contribution in [2.24, 2.45) is 5.92 Å². The van der Waals surface area contributed by atoms with Gasteiger partial charge in [0.25, 0.3) is 11.8 Å². The van der Waals surface area contributed by atoms with E-state index in [9.17, 15) is 14.4 Å². The molecule has 2 aromatic rings. The molecule has 0 fully saturated rings. The van der Waals surface area contributed by atoms with Crippen LogP contribution in [0, 0.1) is 5.92 Å². The van der Waals surface area contributed by atoms with Gasteiger partial charge < -0.3 is 5.32 Å². The minimum absolute atomic E-state index is 0.161. The number of hydrogen-bond acceptors (Lipinski definition) is 4. The number of rotatable bonds is 7. The van der Waals surface area contributed by atoms with Gasteiger partial charge in [0, 0.05) is 24.9 Å². The van der Waals surface area contributed by atoms with E-state index in [1.165, 1.54) is 23.6 Å². The van der Waals surface area contributed by atoms with Gasteiger partial charge in [-0.05, 0) is 29.2 Å². The lowest BCUT2D eigenvalue weighted by Crippen LogP contribution is -2.34. The maximum atomic E-state index is 13.1. The van der Waals surface area contributed by atoms with Crippen LogP contribution in [-0.2, 0) is 20.1 Å². The van der Waals surface area contributed by atoms with E-state index in [-0.39, 0.29) is 23.6 Å². The molecule has 5 nitrogen and oxygen atoms in total. The highest BCUT2D eigenvalue weighted by molar-refractivity contribution is 8.03. The van der Waals surface area contributed by atoms with Crippen molar-refractivity contribution < 1.29 is 14.4 Å². The first-order valence-corrected chi connectivity index (χ1v) is 10.5. The normalized spacial score (nSPS) is 14.1. The molecule has 0 spiro atoms. The molecule has 29 heavy (non-hydrogen) atoms. The van der Waals surface area contributed by atoms with Crippen LogP contribution in [0.25, 0.3) is 5.57 Å². The minimum Gasteiger partial charge on any atom is -0.326 e. The summed E-state index contributed by atoms with van der Waals surface area (Å²) in [5, 5.41) is 2.71. The number of thioether (sulfide) groups is 1. The number of nitrogens with one attached hydrogen (secondary N) is 1. The molecule has 0 unspecified atom stereocenters. The number of carbonyl (C=O) groups excluding carboxylic acids is 3. The molecule has 1 aliphatic heterocycles. The van der Waals surface area contributed by atoms with Crippen molar-refractivity contribution in [2.45, 2.75) is 26.5 Å². The average molecular weight is 409 g/mol. The van der Waals surface area contributed by atoms with E-state index in [0.717, 1.165) is 5.56 Å². The van der Waals surface area contributed by atoms with Crippen LogP contribution in [-0.4, -0.2) is 29.2 Å². The standard InChI is InChI=1S/C23H24N2O3S/c1-15(2)13-25-22(27)20(18-9-11-19(12-10-18)24-16(3)26)21(23(25)28)29-14-17-7-5-4-6-8-17/h4-12,15H,13-14H2,1-3H3,(H,24,26). The van der Waals surface area contributed by atoms with Gasteiger partial charge in [0.1, 0.15) is 0 Å². The van der Waals surface area contributed by atoms with Gasteiger partial charge in [-0.2, -0.15) is 0 Å². The van der Waals surface area contributed by atoms with Crippen molar-refractivity contribution in [1.29, 1.82) is 0 Å². The fourth-order valence-electron chi connectivity index (χ4n) is 3.13. The topological polar surface area (TPSA) is 66.5 Å². The van der Waals surface area contributed by atoms with Gasteiger partial charge in [-0.15, -0.1) is 11.8 Å². The second-order valence-electron chi connectivity index (χ2n) is 7.35. The van der Waals surface area contributed by atoms with E-state index in [2.05, 4.69) is 5.32 Å². The van der Waals surface area contributed by atoms with Gasteiger partial charge >= 0.3 is 0 Å². The maximum absolute atomic E-state index is 13.1. The van der Waals surface area contributed by atoms with Crippen LogP contribution in [0.5, 0.6) is 0 Å². The summed E-state index contributed by atoms with van der Waals surface area (Å²) in [6.07, 6.45) is 0. The molecule has 1 heterocycles. The lowest BCUT2D eigenvalue weighted by atomic mass is 10.1. The SMILES string of the molecule is CC(=O)Nc1ccc(C2=C(SCc3ccccc3)C(=O)N(CC(C)C)C2=O)cc1. The molecule has 0 bridgehead atoms. The van der Waals surface area contributed by atoms with E-state index in [4.69, 9.17) is 0 Å². The molecule has 6 heteroatoms. The van der Waals surface area contributed by atoms with Crippen LogP contribution >= 0.6 is 11.8 Å². The maximum Gasteiger partial charge on any atom is 0.268 e. The monoisotopic (exact) mass is 408 g/mol. The largest absolute Gasteiger partial charge is 0.326 e. The third-order valence-electron chi connectivity index (χ3n) is 4.39. The molecule has 0 aliphatic carbocycles. The van der Waals surface area contributed by atoms with E-state index in [1.54, 1.807) is 24.3 Å². The Morgan fingerprint density at radius 3 is 2.24 bits per heavy atom. The Morgan fingerprint density at radius 1 is 1.00 bits per heavy atom. The fraction of sp³-hybridized carbons (Fsp3) is 0.261. The molecular weight excluding hydrogens is 384 g/mol. The highest BCUT2D eigenvalue weighted by Crippen LogP contribution is 2.38. The van der Waals surface area contributed by atoms with E-state index in [1.807, 2.05) is 44.2 Å². The molecule has 0 radical (unpaired) electrons. The second kappa shape index (κ2) is 9.09. The lowest BCUT2D eigenvalue weighted by Gasteiger charge is -2.17. The number of hydrogen-bond donors (Lipinski definition) is 1. The number of benzene rings is 2. The summed E-state index contributed by atoms with van der Waals surface area (Å²) < 4.78 is 0. The molecule has 0 saturated heterocycles. The molecule has 150 valence electrons. The van der Waals surface area contributed by atoms with E-state index < -0.39 is 0 Å². The Hall–Kier alpha value is -2.86. The first-order valence-electron chi connectivity index (χ1n) is 9.52. The first-order chi connectivity index (χ1) is 13.9. The van der Waals surface area contributed by atoms with Crippen LogP contribution in [0.1, 0.15) is 31.9 Å². The molecular formula is C23H24N2O3S. The Balaban J connectivity index is 1.93. The summed E-state index contributed by atoms with van der Waals surface area (Å²) in [4.78, 5) is 39.2. The van der Waals surface area contributed by atoms with E-state index in [0.29, 0.717) is 34.0 Å². The van der Waals surface area contributed by atoms with E-state index >= 15 is 0 Å². The van der Waals surface area contributed by atoms with Crippen molar-refractivity contribution in [1.82, 2.24) is 4.90 Å². The molecule has 1 N–H and O–H groups in total. The predicted molar refractivity (Wildman–Crippen MR) is 117 cm³/mol. The van der Waals surface area contributed by atoms with Gasteiger partial charge in [0.2, 0.25) is 5.91 Å². The van der Waals surface area contributed by atoms with Crippen molar-refractivity contribution >= 4 is 40.7 Å². The highest BCUT2D eigenvalue weighted by Gasteiger charge is 2.39. The molecule has 0 atom stereocenters. The van der Waals surface area contributed by atoms with Crippen molar-refractivity contribution in [3.63, 3.8) is 0 Å². The van der Waals surface area contributed by atoms with Crippen LogP contribution in [0.15, 0.2) is 59.5 Å². The highest BCUT2D eigenvalue weighted by atomic mass is 32.2. The molecule has 0 saturated carbocycles. The fourth-order valence-corrected chi connectivity index (χ4v) is 4.21. The third-order valence-corrected chi connectivity index (χ3v) is 5.54. The number of amides is 3. The van der Waals surface area contributed by atoms with Crippen LogP contribution in [0.4, 0.5) is 5.69 Å². The average Bonchev–Trinajstić information content (AvgIpc) is 2.91. The molecule has 0 aromatic heterocycles. The molecule has 2 aromatic carbocycles. The molecule has 3 rings (SSSR count). The number of anilines is 1. The summed E-state index contributed by atoms with van der Waals surface area (Å²) in [5.74, 6) is 0.145. The second-order valence-corrected chi connectivity index (χ2v) is 8.34. The zero-order valence-corrected chi connectivity index (χ0v) is 17.6. The van der Waals surface area contributed by atoms with Gasteiger partial charge in [0.15, 0.2) is 0 Å². The number of nitrogens with zero attached hydrogens (tertiary/aromatic N) is 1. The summed E-state index contributed by atoms with van der Waals surface area (Å²) in [7, 11) is 0. The zero-order valence-electron chi connectivity index (χ0n) is 16.8. The third kappa shape index (κ3) is 4.95. The summed E-state index contributed by atoms with van der Waals surface area (Å²) in [6.45, 7) is 5.80. The lowest BCUT2D eigenvalue weighted by molar-refractivity contribution is -0.137. The summed E-state index contributed by atoms with van der Waals surface area (Å²) in [5.41, 5.74) is 2.86. The Bertz CT molecular complexity index is 950. The van der Waals surface area contributed by atoms with Gasteiger partial charge in [0.05, 0.1) is 10.5 Å². The number of carbonyl (C=O) groups is 3. The molecule has 1 aliphatic rings. The zero-order chi connectivity index (χ0) is 21.0. The van der Waals surface area contributed by atoms with Crippen molar-refractivity contribution in [3.05, 3.63) is 70.6 Å². The Kier molecular flexibility index (Phi) is 6.54. The van der Waals surface area contributed by atoms with Crippen molar-refractivity contribution in [2.75, 3.05) is 11.9 Å². The number of imide groups is 1. The van der Waals surface area contributed by atoms with Gasteiger partial charge in [-0.3, -0.25) is 19.3 Å². The Labute approximate surface area is 175 Å². The first kappa shape index (κ1) is 20.9. The van der Waals surface area contributed by atoms with Gasteiger partial charge in [-0.1, -0.05) is 56.3 Å². The molecule has 3 amide bonds. The van der Waals surface area contributed by atoms with Crippen LogP contribution < -0.4 is 5.32 Å². The predicted octanol–water partition coefficient (Wildman–Crippen LogP) is 4.31. The van der Waals surface area contributed by atoms with Gasteiger partial charge in [-0.25, -0.2) is 0 Å². The quantitative estimate of drug-likeness (QED) is 0.693. The van der Waals surface area contributed by atoms with Crippen molar-refractivity contribution in [3.8, 4) is 0 Å². The van der Waals surface area contributed by atoms with Crippen LogP contribution in [0.2, 0.25) is 0 Å². The smallest absolute Gasteiger partial charge is 0.268 e. The van der Waals surface area contributed by atoms with Crippen LogP contribution in [0.3, 0.4) is 0 Å². The summed E-state index contributed by atoms with van der Waals surface area (Å²) >= 11 is 1.40.